The molecule has 0 saturated heterocycles. The maximum atomic E-state index is 12.5. The molecule has 150 valence electrons. The molecule has 3 aromatic carbocycles. The number of ether oxygens (including phenoxy) is 2. The van der Waals surface area contributed by atoms with E-state index in [1.165, 1.54) is 6.08 Å². The number of ketones is 1. The monoisotopic (exact) mass is 400 g/mol. The summed E-state index contributed by atoms with van der Waals surface area (Å²) in [5.41, 5.74) is 3.70. The van der Waals surface area contributed by atoms with Crippen LogP contribution in [0.5, 0.6) is 11.5 Å². The minimum Gasteiger partial charge on any atom is -0.493 e. The van der Waals surface area contributed by atoms with Crippen molar-refractivity contribution in [2.45, 2.75) is 0 Å². The summed E-state index contributed by atoms with van der Waals surface area (Å²) in [6.07, 6.45) is 3.28. The van der Waals surface area contributed by atoms with Gasteiger partial charge in [-0.1, -0.05) is 24.3 Å². The number of oxazole rings is 1. The fourth-order valence-corrected chi connectivity index (χ4v) is 2.99. The predicted molar refractivity (Wildman–Crippen MR) is 117 cm³/mol. The highest BCUT2D eigenvalue weighted by atomic mass is 16.5. The van der Waals surface area contributed by atoms with Crippen LogP contribution in [-0.2, 0) is 0 Å². The van der Waals surface area contributed by atoms with Gasteiger partial charge in [0, 0.05) is 11.3 Å². The van der Waals surface area contributed by atoms with E-state index in [2.05, 4.69) is 10.3 Å². The summed E-state index contributed by atoms with van der Waals surface area (Å²) in [5.74, 6) is 1.16. The summed E-state index contributed by atoms with van der Waals surface area (Å²) in [5, 5.41) is 3.11. The molecule has 0 atom stereocenters. The minimum atomic E-state index is -0.0989. The van der Waals surface area contributed by atoms with E-state index in [0.717, 1.165) is 16.8 Å². The molecule has 0 bridgehead atoms. The number of aromatic nitrogens is 1. The topological polar surface area (TPSA) is 73.6 Å². The second kappa shape index (κ2) is 8.53. The first-order chi connectivity index (χ1) is 14.7. The number of rotatable bonds is 7. The van der Waals surface area contributed by atoms with Crippen LogP contribution >= 0.6 is 0 Å². The number of allylic oxidation sites excluding steroid dienone is 1. The standard InChI is InChI=1S/C24H20N2O4/c1-28-22-14-8-16(15-23(22)29-2)7-13-20(27)17-9-11-18(12-10-17)25-24-26-19-5-3-4-6-21(19)30-24/h3-15H,1-2H3,(H,25,26)/b13-7+. The number of nitrogens with one attached hydrogen (secondary N) is 1. The molecule has 0 unspecified atom stereocenters. The molecule has 6 nitrogen and oxygen atoms in total. The molecule has 1 N–H and O–H groups in total. The van der Waals surface area contributed by atoms with Gasteiger partial charge in [-0.05, 0) is 60.2 Å². The molecule has 4 aromatic rings. The van der Waals surface area contributed by atoms with Gasteiger partial charge in [-0.25, -0.2) is 0 Å². The predicted octanol–water partition coefficient (Wildman–Crippen LogP) is 5.48. The first-order valence-corrected chi connectivity index (χ1v) is 9.33. The highest BCUT2D eigenvalue weighted by molar-refractivity contribution is 6.07. The molecule has 0 spiro atoms. The number of fused-ring (bicyclic) bond motifs is 1. The number of anilines is 2. The van der Waals surface area contributed by atoms with E-state index in [-0.39, 0.29) is 5.78 Å². The van der Waals surface area contributed by atoms with E-state index in [4.69, 9.17) is 13.9 Å². The summed E-state index contributed by atoms with van der Waals surface area (Å²) in [6.45, 7) is 0. The molecule has 1 aromatic heterocycles. The summed E-state index contributed by atoms with van der Waals surface area (Å²) < 4.78 is 16.2. The number of carbonyl (C=O) groups excluding carboxylic acids is 1. The Balaban J connectivity index is 1.44. The average Bonchev–Trinajstić information content (AvgIpc) is 3.20. The summed E-state index contributed by atoms with van der Waals surface area (Å²) in [7, 11) is 3.16. The summed E-state index contributed by atoms with van der Waals surface area (Å²) in [4.78, 5) is 16.9. The third-order valence-electron chi connectivity index (χ3n) is 4.55. The van der Waals surface area contributed by atoms with Crippen LogP contribution in [0.25, 0.3) is 17.2 Å². The molecule has 0 aliphatic rings. The number of benzene rings is 3. The molecule has 0 radical (unpaired) electrons. The first-order valence-electron chi connectivity index (χ1n) is 9.33. The van der Waals surface area contributed by atoms with Crippen LogP contribution in [0.4, 0.5) is 11.7 Å². The lowest BCUT2D eigenvalue weighted by Crippen LogP contribution is -1.96. The molecule has 0 aliphatic heterocycles. The van der Waals surface area contributed by atoms with Gasteiger partial charge in [0.1, 0.15) is 5.52 Å². The molecule has 0 saturated carbocycles. The van der Waals surface area contributed by atoms with Crippen LogP contribution < -0.4 is 14.8 Å². The van der Waals surface area contributed by atoms with Crippen LogP contribution in [-0.4, -0.2) is 25.0 Å². The van der Waals surface area contributed by atoms with Crippen molar-refractivity contribution in [1.82, 2.24) is 4.98 Å². The van der Waals surface area contributed by atoms with Gasteiger partial charge >= 0.3 is 0 Å². The maximum Gasteiger partial charge on any atom is 0.300 e. The molecule has 0 fully saturated rings. The Hall–Kier alpha value is -4.06. The van der Waals surface area contributed by atoms with Crippen molar-refractivity contribution < 1.29 is 18.7 Å². The number of carbonyl (C=O) groups is 1. The Morgan fingerprint density at radius 1 is 0.967 bits per heavy atom. The lowest BCUT2D eigenvalue weighted by Gasteiger charge is -2.07. The van der Waals surface area contributed by atoms with Crippen LogP contribution in [0.1, 0.15) is 15.9 Å². The van der Waals surface area contributed by atoms with Crippen LogP contribution in [0.3, 0.4) is 0 Å². The molecular formula is C24H20N2O4. The quantitative estimate of drug-likeness (QED) is 0.327. The fourth-order valence-electron chi connectivity index (χ4n) is 2.99. The van der Waals surface area contributed by atoms with Gasteiger partial charge in [0.15, 0.2) is 22.9 Å². The number of methoxy groups -OCH3 is 2. The van der Waals surface area contributed by atoms with E-state index in [0.29, 0.717) is 28.7 Å². The molecule has 1 heterocycles. The van der Waals surface area contributed by atoms with E-state index in [1.54, 1.807) is 38.5 Å². The van der Waals surface area contributed by atoms with Gasteiger partial charge in [0.2, 0.25) is 0 Å². The zero-order chi connectivity index (χ0) is 20.9. The zero-order valence-corrected chi connectivity index (χ0v) is 16.6. The fraction of sp³-hybridized carbons (Fsp3) is 0.0833. The van der Waals surface area contributed by atoms with Gasteiger partial charge in [-0.2, -0.15) is 4.98 Å². The van der Waals surface area contributed by atoms with Crippen LogP contribution in [0.15, 0.2) is 77.2 Å². The lowest BCUT2D eigenvalue weighted by molar-refractivity contribution is 0.104. The zero-order valence-electron chi connectivity index (χ0n) is 16.6. The second-order valence-corrected chi connectivity index (χ2v) is 6.50. The Kier molecular flexibility index (Phi) is 5.48. The van der Waals surface area contributed by atoms with E-state index in [9.17, 15) is 4.79 Å². The van der Waals surface area contributed by atoms with Crippen molar-refractivity contribution in [2.75, 3.05) is 19.5 Å². The van der Waals surface area contributed by atoms with Crippen LogP contribution in [0, 0.1) is 0 Å². The van der Waals surface area contributed by atoms with Gasteiger partial charge in [-0.3, -0.25) is 4.79 Å². The third kappa shape index (κ3) is 4.17. The lowest BCUT2D eigenvalue weighted by atomic mass is 10.1. The van der Waals surface area contributed by atoms with Gasteiger partial charge in [-0.15, -0.1) is 0 Å². The van der Waals surface area contributed by atoms with Crippen molar-refractivity contribution in [2.24, 2.45) is 0 Å². The highest BCUT2D eigenvalue weighted by Crippen LogP contribution is 2.28. The molecule has 4 rings (SSSR count). The average molecular weight is 400 g/mol. The van der Waals surface area contributed by atoms with Crippen molar-refractivity contribution in [3.8, 4) is 11.5 Å². The molecular weight excluding hydrogens is 380 g/mol. The Bertz CT molecular complexity index is 1180. The van der Waals surface area contributed by atoms with Gasteiger partial charge in [0.25, 0.3) is 6.01 Å². The van der Waals surface area contributed by atoms with E-state index in [1.807, 2.05) is 48.5 Å². The van der Waals surface area contributed by atoms with Crippen molar-refractivity contribution in [1.29, 1.82) is 0 Å². The largest absolute Gasteiger partial charge is 0.493 e. The van der Waals surface area contributed by atoms with Crippen LogP contribution in [0.2, 0.25) is 0 Å². The third-order valence-corrected chi connectivity index (χ3v) is 4.55. The molecule has 30 heavy (non-hydrogen) atoms. The second-order valence-electron chi connectivity index (χ2n) is 6.50. The van der Waals surface area contributed by atoms with Gasteiger partial charge in [0.05, 0.1) is 14.2 Å². The molecule has 6 heteroatoms. The number of para-hydroxylation sites is 2. The van der Waals surface area contributed by atoms with Gasteiger partial charge < -0.3 is 19.2 Å². The van der Waals surface area contributed by atoms with Crippen molar-refractivity contribution >= 4 is 34.7 Å². The van der Waals surface area contributed by atoms with Crippen molar-refractivity contribution in [3.05, 3.63) is 83.9 Å². The highest BCUT2D eigenvalue weighted by Gasteiger charge is 2.07. The Morgan fingerprint density at radius 3 is 2.47 bits per heavy atom. The number of nitrogens with zero attached hydrogens (tertiary/aromatic N) is 1. The summed E-state index contributed by atoms with van der Waals surface area (Å²) >= 11 is 0. The first kappa shape index (κ1) is 19.3. The molecule has 0 aliphatic carbocycles. The summed E-state index contributed by atoms with van der Waals surface area (Å²) in [6, 6.07) is 20.6. The SMILES string of the molecule is COc1ccc(/C=C/C(=O)c2ccc(Nc3nc4ccccc4o3)cc2)cc1OC. The Labute approximate surface area is 173 Å². The van der Waals surface area contributed by atoms with Crippen molar-refractivity contribution in [3.63, 3.8) is 0 Å². The molecule has 0 amide bonds. The maximum absolute atomic E-state index is 12.5. The minimum absolute atomic E-state index is 0.0989. The van der Waals surface area contributed by atoms with E-state index >= 15 is 0 Å². The number of hydrogen-bond donors (Lipinski definition) is 1. The smallest absolute Gasteiger partial charge is 0.300 e. The van der Waals surface area contributed by atoms with E-state index < -0.39 is 0 Å². The Morgan fingerprint density at radius 2 is 1.73 bits per heavy atom. The normalized spacial score (nSPS) is 11.0. The number of hydrogen-bond acceptors (Lipinski definition) is 6.